The van der Waals surface area contributed by atoms with Gasteiger partial charge in [-0.25, -0.2) is 4.79 Å². The van der Waals surface area contributed by atoms with Crippen LogP contribution in [-0.2, 0) is 0 Å². The van der Waals surface area contributed by atoms with Crippen molar-refractivity contribution in [2.75, 3.05) is 11.1 Å². The molecule has 4 N–H and O–H groups in total. The minimum absolute atomic E-state index is 0.168. The summed E-state index contributed by atoms with van der Waals surface area (Å²) in [4.78, 5) is 11.0. The van der Waals surface area contributed by atoms with E-state index in [-0.39, 0.29) is 5.56 Å². The van der Waals surface area contributed by atoms with Gasteiger partial charge in [0.05, 0.1) is 5.56 Å². The average molecular weight is 262 g/mol. The maximum absolute atomic E-state index is 11.0. The lowest BCUT2D eigenvalue weighted by Gasteiger charge is -2.35. The van der Waals surface area contributed by atoms with Crippen molar-refractivity contribution in [1.82, 2.24) is 0 Å². The number of benzene rings is 1. The van der Waals surface area contributed by atoms with Crippen LogP contribution in [0.1, 0.15) is 49.9 Å². The zero-order valence-corrected chi connectivity index (χ0v) is 11.6. The second kappa shape index (κ2) is 5.11. The second-order valence-corrected chi connectivity index (χ2v) is 6.19. The first-order chi connectivity index (χ1) is 8.87. The fraction of sp³-hybridized carbons (Fsp3) is 0.533. The van der Waals surface area contributed by atoms with Crippen molar-refractivity contribution in [1.29, 1.82) is 0 Å². The average Bonchev–Trinajstić information content (AvgIpc) is 2.34. The van der Waals surface area contributed by atoms with Gasteiger partial charge >= 0.3 is 5.97 Å². The molecule has 0 aliphatic heterocycles. The Morgan fingerprint density at radius 1 is 1.37 bits per heavy atom. The van der Waals surface area contributed by atoms with E-state index in [1.54, 1.807) is 12.1 Å². The standard InChI is InChI=1S/C15H22N2O2/c1-15(2)7-5-10(6-8-15)17-11-3-4-13(16)12(9-11)14(18)19/h3-4,9-10,17H,5-8,16H2,1-2H3,(H,18,19). The third kappa shape index (κ3) is 3.40. The van der Waals surface area contributed by atoms with Crippen molar-refractivity contribution in [2.24, 2.45) is 5.41 Å². The molecular weight excluding hydrogens is 240 g/mol. The van der Waals surface area contributed by atoms with E-state index in [0.29, 0.717) is 17.1 Å². The number of anilines is 2. The maximum atomic E-state index is 11.0. The van der Waals surface area contributed by atoms with Crippen molar-refractivity contribution in [3.63, 3.8) is 0 Å². The summed E-state index contributed by atoms with van der Waals surface area (Å²) in [5.41, 5.74) is 7.41. The molecule has 0 radical (unpaired) electrons. The Bertz CT molecular complexity index is 473. The SMILES string of the molecule is CC1(C)CCC(Nc2ccc(N)c(C(=O)O)c2)CC1. The summed E-state index contributed by atoms with van der Waals surface area (Å²) in [6.45, 7) is 4.60. The fourth-order valence-corrected chi connectivity index (χ4v) is 2.61. The maximum Gasteiger partial charge on any atom is 0.337 e. The van der Waals surface area contributed by atoms with E-state index >= 15 is 0 Å². The van der Waals surface area contributed by atoms with E-state index in [1.165, 1.54) is 12.8 Å². The summed E-state index contributed by atoms with van der Waals surface area (Å²) < 4.78 is 0. The van der Waals surface area contributed by atoms with Gasteiger partial charge < -0.3 is 16.2 Å². The van der Waals surface area contributed by atoms with Gasteiger partial charge in [-0.3, -0.25) is 0 Å². The van der Waals surface area contributed by atoms with Crippen LogP contribution in [0.2, 0.25) is 0 Å². The molecule has 0 amide bonds. The van der Waals surface area contributed by atoms with Gasteiger partial charge in [0, 0.05) is 17.4 Å². The second-order valence-electron chi connectivity index (χ2n) is 6.19. The van der Waals surface area contributed by atoms with Crippen LogP contribution in [0.4, 0.5) is 11.4 Å². The highest BCUT2D eigenvalue weighted by Crippen LogP contribution is 2.36. The monoisotopic (exact) mass is 262 g/mol. The quantitative estimate of drug-likeness (QED) is 0.730. The van der Waals surface area contributed by atoms with Crippen molar-refractivity contribution in [2.45, 2.75) is 45.6 Å². The Morgan fingerprint density at radius 3 is 2.58 bits per heavy atom. The Labute approximate surface area is 114 Å². The minimum Gasteiger partial charge on any atom is -0.478 e. The third-order valence-electron chi connectivity index (χ3n) is 3.99. The van der Waals surface area contributed by atoms with Gasteiger partial charge in [-0.05, 0) is 49.3 Å². The molecule has 4 nitrogen and oxygen atoms in total. The van der Waals surface area contributed by atoms with E-state index < -0.39 is 5.97 Å². The highest BCUT2D eigenvalue weighted by atomic mass is 16.4. The molecule has 0 unspecified atom stereocenters. The largest absolute Gasteiger partial charge is 0.478 e. The molecule has 0 saturated heterocycles. The Kier molecular flexibility index (Phi) is 3.69. The number of rotatable bonds is 3. The van der Waals surface area contributed by atoms with E-state index in [4.69, 9.17) is 10.8 Å². The molecule has 2 rings (SSSR count). The molecule has 1 aromatic rings. The van der Waals surface area contributed by atoms with E-state index in [2.05, 4.69) is 19.2 Å². The number of nitrogen functional groups attached to an aromatic ring is 1. The number of carboxylic acid groups (broad SMARTS) is 1. The van der Waals surface area contributed by atoms with Gasteiger partial charge in [-0.2, -0.15) is 0 Å². The fourth-order valence-electron chi connectivity index (χ4n) is 2.61. The smallest absolute Gasteiger partial charge is 0.337 e. The topological polar surface area (TPSA) is 75.3 Å². The first-order valence-electron chi connectivity index (χ1n) is 6.77. The predicted molar refractivity (Wildman–Crippen MR) is 77.5 cm³/mol. The van der Waals surface area contributed by atoms with Crippen molar-refractivity contribution in [3.05, 3.63) is 23.8 Å². The molecule has 1 aromatic carbocycles. The van der Waals surface area contributed by atoms with Crippen LogP contribution >= 0.6 is 0 Å². The summed E-state index contributed by atoms with van der Waals surface area (Å²) in [6.07, 6.45) is 4.65. The van der Waals surface area contributed by atoms with Crippen molar-refractivity contribution in [3.8, 4) is 0 Å². The molecule has 0 aromatic heterocycles. The minimum atomic E-state index is -0.981. The predicted octanol–water partition coefficient (Wildman–Crippen LogP) is 3.35. The van der Waals surface area contributed by atoms with Crippen molar-refractivity contribution < 1.29 is 9.90 Å². The number of carboxylic acids is 1. The van der Waals surface area contributed by atoms with Gasteiger partial charge in [0.1, 0.15) is 0 Å². The zero-order chi connectivity index (χ0) is 14.0. The van der Waals surface area contributed by atoms with Crippen LogP contribution in [0.3, 0.4) is 0 Å². The molecule has 1 aliphatic rings. The normalized spacial score (nSPS) is 19.1. The molecule has 0 heterocycles. The number of nitrogens with one attached hydrogen (secondary N) is 1. The molecule has 1 saturated carbocycles. The summed E-state index contributed by atoms with van der Waals surface area (Å²) in [7, 11) is 0. The lowest BCUT2D eigenvalue weighted by Crippen LogP contribution is -2.29. The highest BCUT2D eigenvalue weighted by molar-refractivity contribution is 5.94. The Morgan fingerprint density at radius 2 is 2.00 bits per heavy atom. The summed E-state index contributed by atoms with van der Waals surface area (Å²) >= 11 is 0. The van der Waals surface area contributed by atoms with Crippen LogP contribution < -0.4 is 11.1 Å². The van der Waals surface area contributed by atoms with E-state index in [0.717, 1.165) is 18.5 Å². The molecule has 0 spiro atoms. The highest BCUT2D eigenvalue weighted by Gasteiger charge is 2.26. The Hall–Kier alpha value is -1.71. The van der Waals surface area contributed by atoms with Crippen LogP contribution in [0.25, 0.3) is 0 Å². The van der Waals surface area contributed by atoms with Crippen LogP contribution in [0.15, 0.2) is 18.2 Å². The molecule has 0 bridgehead atoms. The van der Waals surface area contributed by atoms with Gasteiger partial charge in [0.25, 0.3) is 0 Å². The first-order valence-corrected chi connectivity index (χ1v) is 6.77. The van der Waals surface area contributed by atoms with Gasteiger partial charge in [-0.1, -0.05) is 13.8 Å². The van der Waals surface area contributed by atoms with Gasteiger partial charge in [0.2, 0.25) is 0 Å². The first kappa shape index (κ1) is 13.7. The van der Waals surface area contributed by atoms with Crippen LogP contribution in [0, 0.1) is 5.41 Å². The molecule has 1 aliphatic carbocycles. The summed E-state index contributed by atoms with van der Waals surface area (Å²) in [6, 6.07) is 5.55. The number of hydrogen-bond acceptors (Lipinski definition) is 3. The van der Waals surface area contributed by atoms with Crippen LogP contribution in [-0.4, -0.2) is 17.1 Å². The lowest BCUT2D eigenvalue weighted by molar-refractivity contribution is 0.0698. The van der Waals surface area contributed by atoms with Gasteiger partial charge in [0.15, 0.2) is 0 Å². The molecule has 0 atom stereocenters. The summed E-state index contributed by atoms with van der Waals surface area (Å²) in [5, 5.41) is 12.5. The third-order valence-corrected chi connectivity index (χ3v) is 3.99. The summed E-state index contributed by atoms with van der Waals surface area (Å²) in [5.74, 6) is -0.981. The van der Waals surface area contributed by atoms with Gasteiger partial charge in [-0.15, -0.1) is 0 Å². The molecule has 4 heteroatoms. The molecule has 104 valence electrons. The zero-order valence-electron chi connectivity index (χ0n) is 11.6. The number of carbonyl (C=O) groups is 1. The number of aromatic carboxylic acids is 1. The Balaban J connectivity index is 2.04. The molecular formula is C15H22N2O2. The van der Waals surface area contributed by atoms with Crippen molar-refractivity contribution >= 4 is 17.3 Å². The van der Waals surface area contributed by atoms with E-state index in [9.17, 15) is 4.79 Å². The molecule has 1 fully saturated rings. The lowest BCUT2D eigenvalue weighted by atomic mass is 9.75. The van der Waals surface area contributed by atoms with Crippen LogP contribution in [0.5, 0.6) is 0 Å². The number of hydrogen-bond donors (Lipinski definition) is 3. The van der Waals surface area contributed by atoms with E-state index in [1.807, 2.05) is 6.07 Å². The number of nitrogens with two attached hydrogens (primary N) is 1. The molecule has 19 heavy (non-hydrogen) atoms.